The van der Waals surface area contributed by atoms with E-state index in [0.717, 1.165) is 40.3 Å². The van der Waals surface area contributed by atoms with Gasteiger partial charge in [-0.1, -0.05) is 24.3 Å². The molecule has 4 rings (SSSR count). The molecule has 0 unspecified atom stereocenters. The first-order valence-corrected chi connectivity index (χ1v) is 10.8. The molecule has 6 heteroatoms. The smallest absolute Gasteiger partial charge is 0.161 e. The zero-order valence-electron chi connectivity index (χ0n) is 19.0. The minimum atomic E-state index is 0.314. The van der Waals surface area contributed by atoms with Crippen molar-refractivity contribution in [3.63, 3.8) is 0 Å². The number of nitrogens with zero attached hydrogens (tertiary/aromatic N) is 2. The number of benzene rings is 3. The van der Waals surface area contributed by atoms with Gasteiger partial charge in [0.1, 0.15) is 30.5 Å². The Morgan fingerprint density at radius 1 is 0.879 bits per heavy atom. The van der Waals surface area contributed by atoms with Gasteiger partial charge in [-0.3, -0.25) is 0 Å². The molecule has 0 aliphatic carbocycles. The van der Waals surface area contributed by atoms with Gasteiger partial charge in [0.2, 0.25) is 0 Å². The fraction of sp³-hybridized carbons (Fsp3) is 0.222. The summed E-state index contributed by atoms with van der Waals surface area (Å²) < 4.78 is 24.9. The van der Waals surface area contributed by atoms with Gasteiger partial charge >= 0.3 is 0 Å². The average molecular weight is 445 g/mol. The van der Waals surface area contributed by atoms with Crippen LogP contribution in [0.3, 0.4) is 0 Å². The van der Waals surface area contributed by atoms with E-state index in [9.17, 15) is 0 Å². The van der Waals surface area contributed by atoms with Crippen LogP contribution >= 0.6 is 0 Å². The van der Waals surface area contributed by atoms with Gasteiger partial charge in [-0.15, -0.1) is 6.58 Å². The quantitative estimate of drug-likeness (QED) is 0.288. The number of para-hydroxylation sites is 2. The maximum Gasteiger partial charge on any atom is 0.161 e. The summed E-state index contributed by atoms with van der Waals surface area (Å²) in [7, 11) is 3.29. The second-order valence-electron chi connectivity index (χ2n) is 7.46. The Morgan fingerprint density at radius 2 is 1.67 bits per heavy atom. The first kappa shape index (κ1) is 22.3. The molecule has 0 bridgehead atoms. The molecule has 0 N–H and O–H groups in total. The van der Waals surface area contributed by atoms with Crippen LogP contribution in [0.1, 0.15) is 11.4 Å². The van der Waals surface area contributed by atoms with Gasteiger partial charge in [0.05, 0.1) is 31.8 Å². The van der Waals surface area contributed by atoms with E-state index < -0.39 is 0 Å². The molecule has 3 aromatic carbocycles. The van der Waals surface area contributed by atoms with Gasteiger partial charge in [-0.25, -0.2) is 4.98 Å². The van der Waals surface area contributed by atoms with Crippen LogP contribution in [0.5, 0.6) is 23.0 Å². The molecule has 0 spiro atoms. The fourth-order valence-electron chi connectivity index (χ4n) is 3.68. The third kappa shape index (κ3) is 5.29. The van der Waals surface area contributed by atoms with E-state index in [1.165, 1.54) is 0 Å². The number of hydrogen-bond donors (Lipinski definition) is 0. The molecule has 0 saturated heterocycles. The van der Waals surface area contributed by atoms with E-state index in [1.54, 1.807) is 14.2 Å². The van der Waals surface area contributed by atoms with Crippen LogP contribution in [-0.4, -0.2) is 30.4 Å². The normalized spacial score (nSPS) is 10.7. The van der Waals surface area contributed by atoms with Crippen molar-refractivity contribution >= 4 is 11.0 Å². The number of ether oxygens (including phenoxy) is 4. The van der Waals surface area contributed by atoms with Gasteiger partial charge in [0.25, 0.3) is 0 Å². The summed E-state index contributed by atoms with van der Waals surface area (Å²) >= 11 is 0. The molecule has 6 nitrogen and oxygen atoms in total. The molecular weight excluding hydrogens is 416 g/mol. The number of imidazole rings is 1. The maximum atomic E-state index is 6.12. The van der Waals surface area contributed by atoms with Crippen molar-refractivity contribution in [1.29, 1.82) is 0 Å². The standard InChI is InChI=1S/C27H28N2O4/c1-4-7-20-10-15-25(26(18-20)31-3)33-19-27-28-23-8-5-6-9-24(23)29(27)16-17-32-22-13-11-21(30-2)12-14-22/h4-6,8-15,18H,1,7,16-17,19H2,2-3H3. The number of hydrogen-bond acceptors (Lipinski definition) is 5. The monoisotopic (exact) mass is 444 g/mol. The predicted octanol–water partition coefficient (Wildman–Crippen LogP) is 5.44. The minimum Gasteiger partial charge on any atom is -0.497 e. The molecule has 170 valence electrons. The third-order valence-corrected chi connectivity index (χ3v) is 5.34. The molecule has 1 heterocycles. The van der Waals surface area contributed by atoms with E-state index >= 15 is 0 Å². The van der Waals surface area contributed by atoms with Gasteiger partial charge < -0.3 is 23.5 Å². The maximum absolute atomic E-state index is 6.12. The van der Waals surface area contributed by atoms with Crippen molar-refractivity contribution in [2.75, 3.05) is 20.8 Å². The highest BCUT2D eigenvalue weighted by Crippen LogP contribution is 2.29. The van der Waals surface area contributed by atoms with Crippen LogP contribution in [0.25, 0.3) is 11.0 Å². The molecule has 0 saturated carbocycles. The second-order valence-corrected chi connectivity index (χ2v) is 7.46. The Balaban J connectivity index is 1.49. The zero-order chi connectivity index (χ0) is 23.0. The molecule has 0 fully saturated rings. The summed E-state index contributed by atoms with van der Waals surface area (Å²) in [6, 6.07) is 21.5. The van der Waals surface area contributed by atoms with Crippen LogP contribution in [0.4, 0.5) is 0 Å². The number of aromatic nitrogens is 2. The lowest BCUT2D eigenvalue weighted by Gasteiger charge is -2.14. The highest BCUT2D eigenvalue weighted by Gasteiger charge is 2.13. The minimum absolute atomic E-state index is 0.314. The van der Waals surface area contributed by atoms with E-state index in [0.29, 0.717) is 31.3 Å². The first-order chi connectivity index (χ1) is 16.2. The fourth-order valence-corrected chi connectivity index (χ4v) is 3.68. The van der Waals surface area contributed by atoms with Crippen molar-refractivity contribution in [3.05, 3.63) is 90.8 Å². The summed E-state index contributed by atoms with van der Waals surface area (Å²) in [5, 5.41) is 0. The zero-order valence-corrected chi connectivity index (χ0v) is 19.0. The second kappa shape index (κ2) is 10.6. The molecule has 0 radical (unpaired) electrons. The highest BCUT2D eigenvalue weighted by molar-refractivity contribution is 5.75. The molecule has 0 atom stereocenters. The molecule has 4 aromatic rings. The molecule has 0 aliphatic rings. The van der Waals surface area contributed by atoms with E-state index in [1.807, 2.05) is 66.7 Å². The van der Waals surface area contributed by atoms with Gasteiger partial charge in [0.15, 0.2) is 11.5 Å². The number of methoxy groups -OCH3 is 2. The summed E-state index contributed by atoms with van der Waals surface area (Å²) in [4.78, 5) is 4.79. The lowest BCUT2D eigenvalue weighted by Crippen LogP contribution is -2.13. The first-order valence-electron chi connectivity index (χ1n) is 10.8. The Bertz CT molecular complexity index is 1210. The average Bonchev–Trinajstić information content (AvgIpc) is 3.21. The number of fused-ring (bicyclic) bond motifs is 1. The van der Waals surface area contributed by atoms with Crippen LogP contribution in [0, 0.1) is 0 Å². The predicted molar refractivity (Wildman–Crippen MR) is 129 cm³/mol. The molecule has 0 aliphatic heterocycles. The Morgan fingerprint density at radius 3 is 2.42 bits per heavy atom. The topological polar surface area (TPSA) is 54.7 Å². The van der Waals surface area contributed by atoms with E-state index in [2.05, 4.69) is 17.2 Å². The van der Waals surface area contributed by atoms with Gasteiger partial charge in [0, 0.05) is 0 Å². The Labute approximate surface area is 194 Å². The van der Waals surface area contributed by atoms with E-state index in [4.69, 9.17) is 23.9 Å². The molecule has 1 aromatic heterocycles. The van der Waals surface area contributed by atoms with E-state index in [-0.39, 0.29) is 0 Å². The van der Waals surface area contributed by atoms with Crippen LogP contribution in [0.2, 0.25) is 0 Å². The lowest BCUT2D eigenvalue weighted by atomic mass is 10.1. The van der Waals surface area contributed by atoms with Crippen LogP contribution in [0.15, 0.2) is 79.4 Å². The van der Waals surface area contributed by atoms with Crippen molar-refractivity contribution < 1.29 is 18.9 Å². The Kier molecular flexibility index (Phi) is 7.15. The molecule has 33 heavy (non-hydrogen) atoms. The molecular formula is C27H28N2O4. The van der Waals surface area contributed by atoms with Crippen molar-refractivity contribution in [2.45, 2.75) is 19.6 Å². The van der Waals surface area contributed by atoms with Crippen molar-refractivity contribution in [3.8, 4) is 23.0 Å². The highest BCUT2D eigenvalue weighted by atomic mass is 16.5. The number of rotatable bonds is 11. The third-order valence-electron chi connectivity index (χ3n) is 5.34. The Hall–Kier alpha value is -3.93. The summed E-state index contributed by atoms with van der Waals surface area (Å²) in [6.45, 7) is 5.25. The summed E-state index contributed by atoms with van der Waals surface area (Å²) in [5.74, 6) is 3.79. The number of allylic oxidation sites excluding steroid dienone is 1. The van der Waals surface area contributed by atoms with Crippen LogP contribution in [-0.2, 0) is 19.6 Å². The van der Waals surface area contributed by atoms with Crippen molar-refractivity contribution in [1.82, 2.24) is 9.55 Å². The van der Waals surface area contributed by atoms with Gasteiger partial charge in [-0.2, -0.15) is 0 Å². The SMILES string of the molecule is C=CCc1ccc(OCc2nc3ccccc3n2CCOc2ccc(OC)cc2)c(OC)c1. The lowest BCUT2D eigenvalue weighted by molar-refractivity contribution is 0.261. The van der Waals surface area contributed by atoms with Crippen molar-refractivity contribution in [2.24, 2.45) is 0 Å². The molecule has 0 amide bonds. The largest absolute Gasteiger partial charge is 0.497 e. The summed E-state index contributed by atoms with van der Waals surface area (Å²) in [5.41, 5.74) is 3.09. The summed E-state index contributed by atoms with van der Waals surface area (Å²) in [6.07, 6.45) is 2.65. The van der Waals surface area contributed by atoms with Gasteiger partial charge in [-0.05, 0) is 60.5 Å². The van der Waals surface area contributed by atoms with Crippen LogP contribution < -0.4 is 18.9 Å².